The Morgan fingerprint density at radius 2 is 1.77 bits per heavy atom. The van der Waals surface area contributed by atoms with Gasteiger partial charge in [-0.1, -0.05) is 31.2 Å². The van der Waals surface area contributed by atoms with Crippen molar-refractivity contribution in [3.63, 3.8) is 0 Å². The zero-order valence-electron chi connectivity index (χ0n) is 17.8. The largest absolute Gasteiger partial charge is 0.313 e. The maximum absolute atomic E-state index is 14.7. The lowest BCUT2D eigenvalue weighted by Gasteiger charge is -2.18. The van der Waals surface area contributed by atoms with Gasteiger partial charge in [0.05, 0.1) is 5.69 Å². The Labute approximate surface area is 180 Å². The highest BCUT2D eigenvalue weighted by molar-refractivity contribution is 5.97. The molecule has 0 aliphatic heterocycles. The average Bonchev–Trinajstić information content (AvgIpc) is 2.77. The van der Waals surface area contributed by atoms with Crippen molar-refractivity contribution < 1.29 is 18.4 Å². The first-order chi connectivity index (χ1) is 14.8. The Bertz CT molecular complexity index is 1110. The number of benzene rings is 2. The zero-order valence-corrected chi connectivity index (χ0v) is 17.8. The third-order valence-corrected chi connectivity index (χ3v) is 5.20. The van der Waals surface area contributed by atoms with Gasteiger partial charge >= 0.3 is 0 Å². The summed E-state index contributed by atoms with van der Waals surface area (Å²) in [6, 6.07) is 12.2. The van der Waals surface area contributed by atoms with Crippen molar-refractivity contribution in [2.24, 2.45) is 0 Å². The number of halogens is 2. The van der Waals surface area contributed by atoms with E-state index in [2.05, 4.69) is 4.98 Å². The number of pyridine rings is 1. The fraction of sp³-hybridized carbons (Fsp3) is 0.240. The quantitative estimate of drug-likeness (QED) is 0.471. The summed E-state index contributed by atoms with van der Waals surface area (Å²) in [6.45, 7) is 3.59. The zero-order chi connectivity index (χ0) is 22.5. The Hall–Kier alpha value is -3.41. The van der Waals surface area contributed by atoms with E-state index >= 15 is 0 Å². The second-order valence-corrected chi connectivity index (χ2v) is 7.40. The van der Waals surface area contributed by atoms with Gasteiger partial charge in [-0.05, 0) is 48.7 Å². The number of anilines is 1. The number of Topliss-reactive ketones (excluding diaryl/α,β-unsaturated/α-hetero) is 1. The Balaban J connectivity index is 1.75. The fourth-order valence-corrected chi connectivity index (χ4v) is 3.29. The molecule has 3 rings (SSSR count). The van der Waals surface area contributed by atoms with E-state index in [0.29, 0.717) is 12.0 Å². The molecule has 31 heavy (non-hydrogen) atoms. The first kappa shape index (κ1) is 22.3. The van der Waals surface area contributed by atoms with Crippen molar-refractivity contribution in [3.8, 4) is 11.1 Å². The molecular weight excluding hydrogens is 398 g/mol. The molecule has 4 nitrogen and oxygen atoms in total. The smallest absolute Gasteiger partial charge is 0.226 e. The van der Waals surface area contributed by atoms with Gasteiger partial charge in [0, 0.05) is 42.9 Å². The van der Waals surface area contributed by atoms with Crippen molar-refractivity contribution in [2.45, 2.75) is 33.1 Å². The highest BCUT2D eigenvalue weighted by Crippen LogP contribution is 2.29. The van der Waals surface area contributed by atoms with Crippen LogP contribution < -0.4 is 4.90 Å². The molecule has 1 amide bonds. The number of ketones is 1. The molecule has 0 radical (unpaired) electrons. The van der Waals surface area contributed by atoms with Crippen molar-refractivity contribution in [2.75, 3.05) is 11.9 Å². The van der Waals surface area contributed by atoms with Crippen LogP contribution in [0.4, 0.5) is 14.5 Å². The molecular formula is C25H24F2N2O2. The summed E-state index contributed by atoms with van der Waals surface area (Å²) >= 11 is 0. The normalized spacial score (nSPS) is 10.7. The topological polar surface area (TPSA) is 50.3 Å². The molecule has 0 atom stereocenters. The minimum atomic E-state index is -0.618. The van der Waals surface area contributed by atoms with Gasteiger partial charge in [0.15, 0.2) is 5.78 Å². The third-order valence-electron chi connectivity index (χ3n) is 5.20. The van der Waals surface area contributed by atoms with E-state index in [9.17, 15) is 18.4 Å². The van der Waals surface area contributed by atoms with Crippen LogP contribution in [0.3, 0.4) is 0 Å². The maximum atomic E-state index is 14.7. The highest BCUT2D eigenvalue weighted by atomic mass is 19.1. The molecule has 0 unspecified atom stereocenters. The monoisotopic (exact) mass is 422 g/mol. The number of hydrogen-bond donors (Lipinski definition) is 0. The predicted molar refractivity (Wildman–Crippen MR) is 117 cm³/mol. The number of carbonyl (C=O) groups is 2. The SMILES string of the molecule is CCC(=O)N(C)c1ccc(-c2ccc(C(=O)CCc3ccc(C)nc3)cc2F)cc1F. The molecule has 0 aliphatic carbocycles. The second kappa shape index (κ2) is 9.60. The summed E-state index contributed by atoms with van der Waals surface area (Å²) in [5.74, 6) is -1.62. The lowest BCUT2D eigenvalue weighted by molar-refractivity contribution is -0.118. The minimum absolute atomic E-state index is 0.133. The Kier molecular flexibility index (Phi) is 6.90. The molecule has 1 heterocycles. The van der Waals surface area contributed by atoms with Gasteiger partial charge in [-0.15, -0.1) is 0 Å². The van der Waals surface area contributed by atoms with Gasteiger partial charge in [-0.3, -0.25) is 14.6 Å². The van der Waals surface area contributed by atoms with Crippen LogP contribution in [0, 0.1) is 18.6 Å². The van der Waals surface area contributed by atoms with E-state index in [1.807, 2.05) is 19.1 Å². The minimum Gasteiger partial charge on any atom is -0.313 e. The van der Waals surface area contributed by atoms with E-state index in [-0.39, 0.29) is 41.3 Å². The van der Waals surface area contributed by atoms with Gasteiger partial charge in [0.1, 0.15) is 11.6 Å². The molecule has 0 aliphatic rings. The highest BCUT2D eigenvalue weighted by Gasteiger charge is 2.16. The number of aryl methyl sites for hydroxylation is 2. The van der Waals surface area contributed by atoms with E-state index < -0.39 is 11.6 Å². The summed E-state index contributed by atoms with van der Waals surface area (Å²) in [5, 5.41) is 0. The van der Waals surface area contributed by atoms with E-state index in [0.717, 1.165) is 11.3 Å². The summed E-state index contributed by atoms with van der Waals surface area (Å²) < 4.78 is 29.3. The van der Waals surface area contributed by atoms with Gasteiger partial charge in [0.25, 0.3) is 0 Å². The van der Waals surface area contributed by atoms with Gasteiger partial charge in [-0.2, -0.15) is 0 Å². The molecule has 0 N–H and O–H groups in total. The Morgan fingerprint density at radius 1 is 1.00 bits per heavy atom. The van der Waals surface area contributed by atoms with Crippen molar-refractivity contribution in [1.29, 1.82) is 0 Å². The molecule has 3 aromatic rings. The van der Waals surface area contributed by atoms with Crippen LogP contribution in [0.1, 0.15) is 41.4 Å². The lowest BCUT2D eigenvalue weighted by Crippen LogP contribution is -2.25. The molecule has 160 valence electrons. The summed E-state index contributed by atoms with van der Waals surface area (Å²) in [6.07, 6.45) is 2.75. The van der Waals surface area contributed by atoms with Crippen LogP contribution in [0.2, 0.25) is 0 Å². The van der Waals surface area contributed by atoms with Crippen LogP contribution in [-0.2, 0) is 11.2 Å². The van der Waals surface area contributed by atoms with Crippen LogP contribution in [-0.4, -0.2) is 23.7 Å². The predicted octanol–water partition coefficient (Wildman–Crippen LogP) is 5.52. The summed E-state index contributed by atoms with van der Waals surface area (Å²) in [4.78, 5) is 29.7. The number of hydrogen-bond acceptors (Lipinski definition) is 3. The average molecular weight is 422 g/mol. The van der Waals surface area contributed by atoms with E-state index in [4.69, 9.17) is 0 Å². The fourth-order valence-electron chi connectivity index (χ4n) is 3.29. The van der Waals surface area contributed by atoms with Crippen LogP contribution in [0.25, 0.3) is 11.1 Å². The molecule has 0 spiro atoms. The van der Waals surface area contributed by atoms with Crippen LogP contribution in [0.15, 0.2) is 54.7 Å². The van der Waals surface area contributed by atoms with Crippen molar-refractivity contribution in [1.82, 2.24) is 4.98 Å². The second-order valence-electron chi connectivity index (χ2n) is 7.40. The molecule has 0 saturated heterocycles. The number of nitrogens with zero attached hydrogens (tertiary/aromatic N) is 2. The maximum Gasteiger partial charge on any atom is 0.226 e. The molecule has 0 fully saturated rings. The van der Waals surface area contributed by atoms with Gasteiger partial charge in [0.2, 0.25) is 5.91 Å². The number of amides is 1. The molecule has 0 bridgehead atoms. The summed E-state index contributed by atoms with van der Waals surface area (Å²) in [5.41, 5.74) is 2.77. The van der Waals surface area contributed by atoms with E-state index in [1.165, 1.54) is 36.2 Å². The van der Waals surface area contributed by atoms with Gasteiger partial charge < -0.3 is 4.90 Å². The Morgan fingerprint density at radius 3 is 2.39 bits per heavy atom. The molecule has 6 heteroatoms. The number of rotatable bonds is 7. The molecule has 2 aromatic carbocycles. The number of aromatic nitrogens is 1. The van der Waals surface area contributed by atoms with Crippen LogP contribution >= 0.6 is 0 Å². The molecule has 1 aromatic heterocycles. The summed E-state index contributed by atoms with van der Waals surface area (Å²) in [7, 11) is 1.50. The number of carbonyl (C=O) groups excluding carboxylic acids is 2. The lowest BCUT2D eigenvalue weighted by atomic mass is 9.98. The van der Waals surface area contributed by atoms with Crippen molar-refractivity contribution >= 4 is 17.4 Å². The van der Waals surface area contributed by atoms with Gasteiger partial charge in [-0.25, -0.2) is 8.78 Å². The third kappa shape index (κ3) is 5.20. The first-order valence-corrected chi connectivity index (χ1v) is 10.1. The van der Waals surface area contributed by atoms with Crippen molar-refractivity contribution in [3.05, 3.63) is 83.2 Å². The molecule has 0 saturated carbocycles. The van der Waals surface area contributed by atoms with Crippen LogP contribution in [0.5, 0.6) is 0 Å². The first-order valence-electron chi connectivity index (χ1n) is 10.1. The standard InChI is InChI=1S/C25H24F2N2O2/c1-4-25(31)29(3)23-11-9-18(13-22(23)27)20-10-8-19(14-21(20)26)24(30)12-7-17-6-5-16(2)28-15-17/h5-6,8-11,13-15H,4,7,12H2,1-3H3. The van der Waals surface area contributed by atoms with E-state index in [1.54, 1.807) is 25.3 Å².